The summed E-state index contributed by atoms with van der Waals surface area (Å²) in [5.74, 6) is 1.13. The molecule has 124 valence electrons. The summed E-state index contributed by atoms with van der Waals surface area (Å²) in [5.41, 5.74) is 2.47. The van der Waals surface area contributed by atoms with Gasteiger partial charge in [-0.05, 0) is 49.7 Å². The van der Waals surface area contributed by atoms with Crippen LogP contribution in [0.1, 0.15) is 50.5 Å². The van der Waals surface area contributed by atoms with E-state index in [0.29, 0.717) is 18.5 Å². The monoisotopic (exact) mass is 312 g/mol. The summed E-state index contributed by atoms with van der Waals surface area (Å²) < 4.78 is 0. The maximum atomic E-state index is 12.9. The minimum Gasteiger partial charge on any atom is -0.311 e. The summed E-state index contributed by atoms with van der Waals surface area (Å²) in [7, 11) is 0. The molecule has 0 spiro atoms. The van der Waals surface area contributed by atoms with Crippen molar-refractivity contribution in [2.45, 2.75) is 57.4 Å². The van der Waals surface area contributed by atoms with Crippen LogP contribution < -0.4 is 4.90 Å². The van der Waals surface area contributed by atoms with Crippen LogP contribution in [0.5, 0.6) is 0 Å². The number of carbonyl (C=O) groups is 1. The van der Waals surface area contributed by atoms with Gasteiger partial charge in [-0.3, -0.25) is 9.69 Å². The lowest BCUT2D eigenvalue weighted by atomic mass is 9.89. The highest BCUT2D eigenvalue weighted by Crippen LogP contribution is 2.32. The molecule has 2 saturated carbocycles. The van der Waals surface area contributed by atoms with Gasteiger partial charge in [-0.15, -0.1) is 0 Å². The van der Waals surface area contributed by atoms with E-state index in [0.717, 1.165) is 31.1 Å². The molecular weight excluding hydrogens is 284 g/mol. The molecule has 0 saturated heterocycles. The second-order valence-corrected chi connectivity index (χ2v) is 7.59. The van der Waals surface area contributed by atoms with Gasteiger partial charge in [0.15, 0.2) is 0 Å². The third-order valence-corrected chi connectivity index (χ3v) is 5.81. The Bertz CT molecular complexity index is 561. The Kier molecular flexibility index (Phi) is 4.39. The summed E-state index contributed by atoms with van der Waals surface area (Å²) in [6.07, 6.45) is 10.5. The number of anilines is 1. The van der Waals surface area contributed by atoms with E-state index in [9.17, 15) is 4.79 Å². The number of amides is 1. The minimum atomic E-state index is 0.303. The summed E-state index contributed by atoms with van der Waals surface area (Å²) in [5, 5.41) is 0. The van der Waals surface area contributed by atoms with Gasteiger partial charge in [0.2, 0.25) is 5.91 Å². The Morgan fingerprint density at radius 2 is 1.87 bits per heavy atom. The second kappa shape index (κ2) is 6.64. The summed E-state index contributed by atoms with van der Waals surface area (Å²) in [6, 6.07) is 9.06. The second-order valence-electron chi connectivity index (χ2n) is 7.59. The Labute approximate surface area is 139 Å². The Hall–Kier alpha value is -1.35. The van der Waals surface area contributed by atoms with Gasteiger partial charge in [0.1, 0.15) is 0 Å². The highest BCUT2D eigenvalue weighted by Gasteiger charge is 2.34. The van der Waals surface area contributed by atoms with Crippen molar-refractivity contribution in [3.8, 4) is 0 Å². The van der Waals surface area contributed by atoms with Crippen LogP contribution >= 0.6 is 0 Å². The van der Waals surface area contributed by atoms with Gasteiger partial charge in [-0.25, -0.2) is 0 Å². The van der Waals surface area contributed by atoms with Gasteiger partial charge in [0.25, 0.3) is 0 Å². The number of nitrogens with zero attached hydrogens (tertiary/aromatic N) is 2. The molecule has 0 bridgehead atoms. The van der Waals surface area contributed by atoms with Crippen LogP contribution in [0.15, 0.2) is 24.3 Å². The fraction of sp³-hybridized carbons (Fsp3) is 0.650. The van der Waals surface area contributed by atoms with Gasteiger partial charge in [0, 0.05) is 24.8 Å². The van der Waals surface area contributed by atoms with Crippen LogP contribution in [0.4, 0.5) is 5.69 Å². The van der Waals surface area contributed by atoms with Gasteiger partial charge >= 0.3 is 0 Å². The van der Waals surface area contributed by atoms with Crippen molar-refractivity contribution in [2.24, 2.45) is 5.92 Å². The molecule has 3 aliphatic rings. The van der Waals surface area contributed by atoms with Crippen molar-refractivity contribution in [3.05, 3.63) is 29.8 Å². The number of carbonyl (C=O) groups excluding carboxylic acids is 1. The molecule has 0 unspecified atom stereocenters. The number of rotatable bonds is 5. The van der Waals surface area contributed by atoms with E-state index < -0.39 is 0 Å². The molecule has 1 aliphatic heterocycles. The molecule has 2 fully saturated rings. The predicted octanol–water partition coefficient (Wildman–Crippen LogP) is 3.62. The lowest BCUT2D eigenvalue weighted by molar-refractivity contribution is -0.120. The van der Waals surface area contributed by atoms with Crippen molar-refractivity contribution in [1.29, 1.82) is 0 Å². The lowest BCUT2D eigenvalue weighted by Crippen LogP contribution is -2.42. The Morgan fingerprint density at radius 3 is 2.65 bits per heavy atom. The number of fused-ring (bicyclic) bond motifs is 1. The smallest absolute Gasteiger partial charge is 0.241 e. The van der Waals surface area contributed by atoms with Crippen LogP contribution in [-0.2, 0) is 11.2 Å². The van der Waals surface area contributed by atoms with Gasteiger partial charge in [-0.1, -0.05) is 37.5 Å². The van der Waals surface area contributed by atoms with Gasteiger partial charge in [-0.2, -0.15) is 0 Å². The standard InChI is InChI=1S/C20H28N2O/c23-20(22-13-12-17-8-4-5-9-19(17)22)15-21(18-10-11-18)14-16-6-2-1-3-7-16/h4-5,8-9,16,18H,1-3,6-7,10-15H2. The first-order valence-corrected chi connectivity index (χ1v) is 9.43. The molecule has 3 heteroatoms. The maximum Gasteiger partial charge on any atom is 0.241 e. The normalized spacial score (nSPS) is 21.7. The third kappa shape index (κ3) is 3.45. The largest absolute Gasteiger partial charge is 0.311 e. The molecule has 1 aromatic carbocycles. The third-order valence-electron chi connectivity index (χ3n) is 5.81. The molecule has 4 rings (SSSR count). The Balaban J connectivity index is 1.40. The van der Waals surface area contributed by atoms with Crippen LogP contribution in [0.3, 0.4) is 0 Å². The van der Waals surface area contributed by atoms with Crippen LogP contribution in [0, 0.1) is 5.92 Å². The summed E-state index contributed by atoms with van der Waals surface area (Å²) in [6.45, 7) is 2.63. The molecule has 1 heterocycles. The van der Waals surface area contributed by atoms with E-state index in [-0.39, 0.29) is 0 Å². The minimum absolute atomic E-state index is 0.303. The lowest BCUT2D eigenvalue weighted by Gasteiger charge is -2.30. The van der Waals surface area contributed by atoms with Gasteiger partial charge < -0.3 is 4.90 Å². The predicted molar refractivity (Wildman–Crippen MR) is 93.7 cm³/mol. The highest BCUT2D eigenvalue weighted by atomic mass is 16.2. The number of para-hydroxylation sites is 1. The van der Waals surface area contributed by atoms with E-state index in [1.54, 1.807) is 0 Å². The van der Waals surface area contributed by atoms with Crippen molar-refractivity contribution in [3.63, 3.8) is 0 Å². The molecule has 0 aromatic heterocycles. The molecule has 0 radical (unpaired) electrons. The van der Waals surface area contributed by atoms with E-state index >= 15 is 0 Å². The highest BCUT2D eigenvalue weighted by molar-refractivity contribution is 5.96. The van der Waals surface area contributed by atoms with Crippen molar-refractivity contribution in [1.82, 2.24) is 4.90 Å². The molecular formula is C20H28N2O. The molecule has 1 aromatic rings. The summed E-state index contributed by atoms with van der Waals surface area (Å²) >= 11 is 0. The van der Waals surface area contributed by atoms with Gasteiger partial charge in [0.05, 0.1) is 6.54 Å². The van der Waals surface area contributed by atoms with Crippen LogP contribution in [0.25, 0.3) is 0 Å². The molecule has 0 N–H and O–H groups in total. The first kappa shape index (κ1) is 15.2. The molecule has 1 amide bonds. The molecule has 3 nitrogen and oxygen atoms in total. The topological polar surface area (TPSA) is 23.6 Å². The zero-order chi connectivity index (χ0) is 15.6. The first-order valence-electron chi connectivity index (χ1n) is 9.43. The van der Waals surface area contributed by atoms with Crippen LogP contribution in [0.2, 0.25) is 0 Å². The number of hydrogen-bond acceptors (Lipinski definition) is 2. The zero-order valence-electron chi connectivity index (χ0n) is 14.0. The van der Waals surface area contributed by atoms with E-state index in [1.165, 1.54) is 50.5 Å². The van der Waals surface area contributed by atoms with Crippen molar-refractivity contribution >= 4 is 11.6 Å². The maximum absolute atomic E-state index is 12.9. The fourth-order valence-electron chi connectivity index (χ4n) is 4.34. The SMILES string of the molecule is O=C(CN(CC1CCCCC1)C1CC1)N1CCc2ccccc21. The van der Waals surface area contributed by atoms with Crippen LogP contribution in [-0.4, -0.2) is 36.5 Å². The molecule has 23 heavy (non-hydrogen) atoms. The van der Waals surface area contributed by atoms with E-state index in [4.69, 9.17) is 0 Å². The van der Waals surface area contributed by atoms with Crippen molar-refractivity contribution < 1.29 is 4.79 Å². The average Bonchev–Trinajstić information content (AvgIpc) is 3.34. The fourth-order valence-corrected chi connectivity index (χ4v) is 4.34. The average molecular weight is 312 g/mol. The number of benzene rings is 1. The number of hydrogen-bond donors (Lipinski definition) is 0. The van der Waals surface area contributed by atoms with E-state index in [2.05, 4.69) is 23.1 Å². The van der Waals surface area contributed by atoms with E-state index in [1.807, 2.05) is 11.0 Å². The first-order chi connectivity index (χ1) is 11.3. The summed E-state index contributed by atoms with van der Waals surface area (Å²) in [4.78, 5) is 17.4. The molecule has 0 atom stereocenters. The van der Waals surface area contributed by atoms with Crippen molar-refractivity contribution in [2.75, 3.05) is 24.5 Å². The molecule has 2 aliphatic carbocycles. The Morgan fingerprint density at radius 1 is 1.09 bits per heavy atom. The zero-order valence-corrected chi connectivity index (χ0v) is 14.0. The quantitative estimate of drug-likeness (QED) is 0.829.